The zero-order valence-electron chi connectivity index (χ0n) is 12.6. The molecule has 0 amide bonds. The molecule has 21 heavy (non-hydrogen) atoms. The van der Waals surface area contributed by atoms with Gasteiger partial charge in [0.05, 0.1) is 0 Å². The molecule has 1 saturated carbocycles. The van der Waals surface area contributed by atoms with Gasteiger partial charge in [-0.25, -0.2) is 8.42 Å². The van der Waals surface area contributed by atoms with Crippen molar-refractivity contribution in [1.29, 1.82) is 0 Å². The molecule has 0 aromatic carbocycles. The van der Waals surface area contributed by atoms with Crippen molar-refractivity contribution in [2.45, 2.75) is 36.6 Å². The highest BCUT2D eigenvalue weighted by atomic mass is 32.2. The van der Waals surface area contributed by atoms with E-state index in [1.165, 1.54) is 22.8 Å². The number of aromatic nitrogens is 1. The van der Waals surface area contributed by atoms with Gasteiger partial charge in [0.2, 0.25) is 15.5 Å². The van der Waals surface area contributed by atoms with Crippen molar-refractivity contribution in [3.05, 3.63) is 28.7 Å². The van der Waals surface area contributed by atoms with Crippen LogP contribution in [0.3, 0.4) is 0 Å². The van der Waals surface area contributed by atoms with E-state index in [2.05, 4.69) is 4.98 Å². The first-order chi connectivity index (χ1) is 9.93. The lowest BCUT2D eigenvalue weighted by atomic mass is 10.2. The Hall–Kier alpha value is -1.18. The third-order valence-corrected chi connectivity index (χ3v) is 5.85. The average molecular weight is 313 g/mol. The van der Waals surface area contributed by atoms with Gasteiger partial charge in [-0.15, -0.1) is 0 Å². The number of rotatable bonds is 6. The molecule has 0 radical (unpaired) electrons. The van der Waals surface area contributed by atoms with E-state index >= 15 is 0 Å². The van der Waals surface area contributed by atoms with Gasteiger partial charge in [-0.2, -0.15) is 4.31 Å². The summed E-state index contributed by atoms with van der Waals surface area (Å²) in [7, 11) is 0.0750. The lowest BCUT2D eigenvalue weighted by Crippen LogP contribution is -2.43. The van der Waals surface area contributed by atoms with Crippen LogP contribution in [0, 0.1) is 0 Å². The first-order valence-electron chi connectivity index (χ1n) is 7.26. The normalized spacial score (nSPS) is 17.0. The summed E-state index contributed by atoms with van der Waals surface area (Å²) in [6, 6.07) is 1.26. The predicted octanol–water partition coefficient (Wildman–Crippen LogP) is 0.870. The third-order valence-electron chi connectivity index (χ3n) is 3.87. The van der Waals surface area contributed by atoms with Gasteiger partial charge < -0.3 is 9.88 Å². The molecule has 1 N–H and O–H groups in total. The van der Waals surface area contributed by atoms with E-state index in [9.17, 15) is 13.2 Å². The number of aromatic amines is 1. The molecule has 0 aliphatic heterocycles. The fourth-order valence-electron chi connectivity index (χ4n) is 2.72. The number of nitrogens with one attached hydrogen (secondary N) is 1. The number of sulfonamides is 1. The molecular formula is C14H23N3O3S. The zero-order valence-corrected chi connectivity index (χ0v) is 13.4. The van der Waals surface area contributed by atoms with Gasteiger partial charge in [0.1, 0.15) is 4.90 Å². The lowest BCUT2D eigenvalue weighted by Gasteiger charge is -2.28. The second kappa shape index (κ2) is 6.72. The topological polar surface area (TPSA) is 73.5 Å². The van der Waals surface area contributed by atoms with Gasteiger partial charge in [0.15, 0.2) is 0 Å². The average Bonchev–Trinajstić information content (AvgIpc) is 2.92. The summed E-state index contributed by atoms with van der Waals surface area (Å²) in [6.07, 6.45) is 6.57. The highest BCUT2D eigenvalue weighted by Gasteiger charge is 2.34. The molecule has 1 aromatic rings. The van der Waals surface area contributed by atoms with E-state index in [0.717, 1.165) is 25.7 Å². The Balaban J connectivity index is 2.34. The van der Waals surface area contributed by atoms with Crippen LogP contribution in [0.1, 0.15) is 25.7 Å². The maximum Gasteiger partial charge on any atom is 0.248 e. The second-order valence-electron chi connectivity index (χ2n) is 5.73. The number of likely N-dealkylation sites (N-methyl/N-ethyl adjacent to an activating group) is 1. The van der Waals surface area contributed by atoms with Crippen molar-refractivity contribution in [1.82, 2.24) is 14.2 Å². The van der Waals surface area contributed by atoms with Crippen LogP contribution in [0.15, 0.2) is 28.2 Å². The van der Waals surface area contributed by atoms with Crippen LogP contribution in [-0.4, -0.2) is 55.8 Å². The smallest absolute Gasteiger partial charge is 0.248 e. The maximum atomic E-state index is 12.8. The minimum Gasteiger partial charge on any atom is -0.366 e. The van der Waals surface area contributed by atoms with Crippen LogP contribution in [0.25, 0.3) is 0 Å². The molecule has 118 valence electrons. The van der Waals surface area contributed by atoms with E-state index in [1.54, 1.807) is 0 Å². The standard InChI is InChI=1S/C14H23N3O3S/c1-16(2)9-10-17(12-5-3-4-6-12)21(19,20)14-11-15-8-7-13(14)18/h7-8,11-12H,3-6,9-10H2,1-2H3,(H,15,18). The number of nitrogens with zero attached hydrogens (tertiary/aromatic N) is 2. The number of pyridine rings is 1. The fraction of sp³-hybridized carbons (Fsp3) is 0.643. The van der Waals surface area contributed by atoms with Crippen LogP contribution >= 0.6 is 0 Å². The Morgan fingerprint density at radius 2 is 1.90 bits per heavy atom. The van der Waals surface area contributed by atoms with Crippen LogP contribution in [0.4, 0.5) is 0 Å². The van der Waals surface area contributed by atoms with Crippen LogP contribution in [0.2, 0.25) is 0 Å². The molecule has 2 rings (SSSR count). The van der Waals surface area contributed by atoms with Gasteiger partial charge >= 0.3 is 0 Å². The summed E-state index contributed by atoms with van der Waals surface area (Å²) in [4.78, 5) is 16.4. The molecule has 1 fully saturated rings. The Kier molecular flexibility index (Phi) is 5.18. The van der Waals surface area contributed by atoms with E-state index in [-0.39, 0.29) is 10.9 Å². The summed E-state index contributed by atoms with van der Waals surface area (Å²) < 4.78 is 27.2. The molecule has 1 aromatic heterocycles. The van der Waals surface area contributed by atoms with E-state index in [1.807, 2.05) is 19.0 Å². The van der Waals surface area contributed by atoms with Crippen LogP contribution in [0.5, 0.6) is 0 Å². The molecule has 1 aliphatic carbocycles. The number of hydrogen-bond donors (Lipinski definition) is 1. The van der Waals surface area contributed by atoms with Crippen LogP contribution < -0.4 is 5.43 Å². The molecular weight excluding hydrogens is 290 g/mol. The van der Waals surface area contributed by atoms with Crippen LogP contribution in [-0.2, 0) is 10.0 Å². The second-order valence-corrected chi connectivity index (χ2v) is 7.59. The summed E-state index contributed by atoms with van der Waals surface area (Å²) in [5, 5.41) is 0. The van der Waals surface area contributed by atoms with Gasteiger partial charge in [0, 0.05) is 37.6 Å². The highest BCUT2D eigenvalue weighted by molar-refractivity contribution is 7.89. The minimum absolute atomic E-state index is 0.00885. The van der Waals surface area contributed by atoms with E-state index < -0.39 is 15.5 Å². The van der Waals surface area contributed by atoms with Crippen molar-refractivity contribution < 1.29 is 8.42 Å². The van der Waals surface area contributed by atoms with Gasteiger partial charge in [-0.1, -0.05) is 12.8 Å². The Morgan fingerprint density at radius 1 is 1.24 bits per heavy atom. The largest absolute Gasteiger partial charge is 0.366 e. The summed E-state index contributed by atoms with van der Waals surface area (Å²) >= 11 is 0. The molecule has 0 saturated heterocycles. The summed E-state index contributed by atoms with van der Waals surface area (Å²) in [5.41, 5.74) is -0.457. The fourth-order valence-corrected chi connectivity index (χ4v) is 4.44. The molecule has 7 heteroatoms. The van der Waals surface area contributed by atoms with Crippen molar-refractivity contribution >= 4 is 10.0 Å². The quantitative estimate of drug-likeness (QED) is 0.846. The predicted molar refractivity (Wildman–Crippen MR) is 81.8 cm³/mol. The molecule has 0 bridgehead atoms. The molecule has 0 spiro atoms. The first kappa shape index (κ1) is 16.2. The summed E-state index contributed by atoms with van der Waals surface area (Å²) in [6.45, 7) is 1.05. The lowest BCUT2D eigenvalue weighted by molar-refractivity contribution is 0.281. The Morgan fingerprint density at radius 3 is 2.48 bits per heavy atom. The monoisotopic (exact) mass is 313 g/mol. The molecule has 1 heterocycles. The first-order valence-corrected chi connectivity index (χ1v) is 8.70. The molecule has 1 aliphatic rings. The highest BCUT2D eigenvalue weighted by Crippen LogP contribution is 2.27. The summed E-state index contributed by atoms with van der Waals surface area (Å²) in [5.74, 6) is 0. The van der Waals surface area contributed by atoms with Crippen molar-refractivity contribution in [2.24, 2.45) is 0 Å². The zero-order chi connectivity index (χ0) is 15.5. The van der Waals surface area contributed by atoms with Gasteiger partial charge in [0.25, 0.3) is 0 Å². The molecule has 6 nitrogen and oxygen atoms in total. The Bertz CT molecular complexity index is 618. The minimum atomic E-state index is -3.75. The molecule has 0 unspecified atom stereocenters. The SMILES string of the molecule is CN(C)CCN(C1CCCC1)S(=O)(=O)c1c[nH]ccc1=O. The van der Waals surface area contributed by atoms with Crippen molar-refractivity contribution in [3.8, 4) is 0 Å². The Labute approximate surface area is 125 Å². The van der Waals surface area contributed by atoms with Gasteiger partial charge in [-0.3, -0.25) is 4.79 Å². The van der Waals surface area contributed by atoms with Gasteiger partial charge in [-0.05, 0) is 26.9 Å². The van der Waals surface area contributed by atoms with Crippen molar-refractivity contribution in [2.75, 3.05) is 27.2 Å². The van der Waals surface area contributed by atoms with E-state index in [0.29, 0.717) is 13.1 Å². The number of hydrogen-bond acceptors (Lipinski definition) is 4. The number of H-pyrrole nitrogens is 1. The third kappa shape index (κ3) is 3.72. The van der Waals surface area contributed by atoms with Crippen molar-refractivity contribution in [3.63, 3.8) is 0 Å². The van der Waals surface area contributed by atoms with E-state index in [4.69, 9.17) is 0 Å². The maximum absolute atomic E-state index is 12.8. The molecule has 0 atom stereocenters.